The number of aromatic nitrogens is 3. The monoisotopic (exact) mass is 336 g/mol. The molecule has 0 saturated carbocycles. The molecule has 130 valence electrons. The molecule has 5 heteroatoms. The maximum absolute atomic E-state index is 12.9. The molecule has 0 saturated heterocycles. The van der Waals surface area contributed by atoms with Crippen molar-refractivity contribution in [3.05, 3.63) is 59.3 Å². The van der Waals surface area contributed by atoms with Gasteiger partial charge in [0.2, 0.25) is 0 Å². The summed E-state index contributed by atoms with van der Waals surface area (Å²) in [5.74, 6) is -0.0311. The van der Waals surface area contributed by atoms with Crippen LogP contribution in [0.1, 0.15) is 46.6 Å². The molecule has 25 heavy (non-hydrogen) atoms. The van der Waals surface area contributed by atoms with Crippen molar-refractivity contribution >= 4 is 16.8 Å². The molecule has 1 amide bonds. The van der Waals surface area contributed by atoms with Crippen LogP contribution < -0.4 is 5.32 Å². The minimum atomic E-state index is -0.0311. The summed E-state index contributed by atoms with van der Waals surface area (Å²) in [5.41, 5.74) is 4.57. The lowest BCUT2D eigenvalue weighted by Crippen LogP contribution is -2.27. The second-order valence-corrected chi connectivity index (χ2v) is 6.62. The molecule has 0 aliphatic heterocycles. The molecule has 3 rings (SSSR count). The average Bonchev–Trinajstić information content (AvgIpc) is 3.11. The van der Waals surface area contributed by atoms with Crippen LogP contribution in [0.15, 0.2) is 36.9 Å². The van der Waals surface area contributed by atoms with Crippen LogP contribution in [0.2, 0.25) is 0 Å². The number of hydrogen-bond acceptors (Lipinski definition) is 3. The van der Waals surface area contributed by atoms with E-state index >= 15 is 0 Å². The van der Waals surface area contributed by atoms with E-state index in [0.717, 1.165) is 39.7 Å². The molecule has 2 heterocycles. The van der Waals surface area contributed by atoms with Crippen LogP contribution in [0.4, 0.5) is 0 Å². The van der Waals surface area contributed by atoms with Gasteiger partial charge in [0.25, 0.3) is 5.91 Å². The first kappa shape index (κ1) is 17.1. The predicted octanol–water partition coefficient (Wildman–Crippen LogP) is 3.74. The van der Waals surface area contributed by atoms with E-state index in [1.807, 2.05) is 49.7 Å². The molecule has 1 aromatic carbocycles. The number of carbonyl (C=O) groups excluding carboxylic acids is 1. The second-order valence-electron chi connectivity index (χ2n) is 6.62. The number of imidazole rings is 1. The molecule has 5 nitrogen and oxygen atoms in total. The van der Waals surface area contributed by atoms with E-state index in [1.54, 1.807) is 12.5 Å². The summed E-state index contributed by atoms with van der Waals surface area (Å²) < 4.78 is 2.05. The van der Waals surface area contributed by atoms with Gasteiger partial charge in [-0.15, -0.1) is 0 Å². The molecule has 0 aliphatic carbocycles. The highest BCUT2D eigenvalue weighted by Gasteiger charge is 2.16. The number of nitrogens with zero attached hydrogens (tertiary/aromatic N) is 3. The Morgan fingerprint density at radius 1 is 1.28 bits per heavy atom. The van der Waals surface area contributed by atoms with Crippen molar-refractivity contribution in [3.63, 3.8) is 0 Å². The van der Waals surface area contributed by atoms with Gasteiger partial charge in [0.05, 0.1) is 17.4 Å². The van der Waals surface area contributed by atoms with Gasteiger partial charge in [0.15, 0.2) is 0 Å². The number of rotatable bonds is 5. The van der Waals surface area contributed by atoms with Crippen molar-refractivity contribution in [2.24, 2.45) is 0 Å². The number of carbonyl (C=O) groups is 1. The molecular weight excluding hydrogens is 312 g/mol. The maximum Gasteiger partial charge on any atom is 0.252 e. The first-order valence-corrected chi connectivity index (χ1v) is 8.60. The maximum atomic E-state index is 12.9. The molecule has 0 spiro atoms. The van der Waals surface area contributed by atoms with Crippen LogP contribution in [0, 0.1) is 20.8 Å². The minimum Gasteiger partial charge on any atom is -0.352 e. The third-order valence-corrected chi connectivity index (χ3v) is 4.74. The van der Waals surface area contributed by atoms with Gasteiger partial charge in [-0.05, 0) is 51.8 Å². The average molecular weight is 336 g/mol. The Labute approximate surface area is 148 Å². The standard InChI is InChI=1S/C20H24N4O/c1-13-5-6-18-17(11-13)19(15(3)16(4)23-18)20(25)22-8-7-14(2)24-10-9-21-12-24/h5-6,9-12,14H,7-8H2,1-4H3,(H,22,25). The number of aryl methyl sites for hydroxylation is 2. The van der Waals surface area contributed by atoms with Crippen LogP contribution in [0.3, 0.4) is 0 Å². The van der Waals surface area contributed by atoms with Crippen LogP contribution in [-0.4, -0.2) is 27.0 Å². The Hall–Kier alpha value is -2.69. The van der Waals surface area contributed by atoms with Gasteiger partial charge < -0.3 is 9.88 Å². The van der Waals surface area contributed by atoms with E-state index in [2.05, 4.69) is 22.2 Å². The molecule has 0 radical (unpaired) electrons. The Morgan fingerprint density at radius 2 is 2.08 bits per heavy atom. The minimum absolute atomic E-state index is 0.0311. The van der Waals surface area contributed by atoms with E-state index in [0.29, 0.717) is 12.6 Å². The van der Waals surface area contributed by atoms with E-state index in [-0.39, 0.29) is 5.91 Å². The smallest absolute Gasteiger partial charge is 0.252 e. The summed E-state index contributed by atoms with van der Waals surface area (Å²) in [4.78, 5) is 21.5. The molecule has 2 aromatic heterocycles. The fraction of sp³-hybridized carbons (Fsp3) is 0.350. The summed E-state index contributed by atoms with van der Waals surface area (Å²) in [6, 6.07) is 6.34. The molecule has 0 bridgehead atoms. The first-order valence-electron chi connectivity index (χ1n) is 8.60. The van der Waals surface area contributed by atoms with Crippen molar-refractivity contribution in [3.8, 4) is 0 Å². The molecule has 1 N–H and O–H groups in total. The second kappa shape index (κ2) is 7.05. The van der Waals surface area contributed by atoms with Crippen molar-refractivity contribution in [1.29, 1.82) is 0 Å². The molecule has 0 fully saturated rings. The lowest BCUT2D eigenvalue weighted by atomic mass is 9.99. The van der Waals surface area contributed by atoms with Gasteiger partial charge in [-0.3, -0.25) is 9.78 Å². The highest BCUT2D eigenvalue weighted by atomic mass is 16.1. The summed E-state index contributed by atoms with van der Waals surface area (Å²) in [6.45, 7) is 8.68. The van der Waals surface area contributed by atoms with Gasteiger partial charge in [-0.1, -0.05) is 11.6 Å². The van der Waals surface area contributed by atoms with Gasteiger partial charge in [-0.25, -0.2) is 4.98 Å². The van der Waals surface area contributed by atoms with E-state index in [1.165, 1.54) is 0 Å². The van der Waals surface area contributed by atoms with Crippen molar-refractivity contribution < 1.29 is 4.79 Å². The number of fused-ring (bicyclic) bond motifs is 1. The molecular formula is C20H24N4O. The van der Waals surface area contributed by atoms with E-state index < -0.39 is 0 Å². The Balaban J connectivity index is 1.79. The number of hydrogen-bond donors (Lipinski definition) is 1. The van der Waals surface area contributed by atoms with Crippen molar-refractivity contribution in [2.45, 2.75) is 40.2 Å². The van der Waals surface area contributed by atoms with Crippen molar-refractivity contribution in [1.82, 2.24) is 19.9 Å². The SMILES string of the molecule is Cc1ccc2nc(C)c(C)c(C(=O)NCCC(C)n3ccnc3)c2c1. The zero-order chi connectivity index (χ0) is 18.0. The molecule has 3 aromatic rings. The Bertz CT molecular complexity index is 900. The number of nitrogens with one attached hydrogen (secondary N) is 1. The fourth-order valence-electron chi connectivity index (χ4n) is 3.05. The highest BCUT2D eigenvalue weighted by molar-refractivity contribution is 6.07. The summed E-state index contributed by atoms with van der Waals surface area (Å²) in [6.07, 6.45) is 6.37. The van der Waals surface area contributed by atoms with Crippen LogP contribution in [0.25, 0.3) is 10.9 Å². The lowest BCUT2D eigenvalue weighted by Gasteiger charge is -2.15. The summed E-state index contributed by atoms with van der Waals surface area (Å²) in [5, 5.41) is 3.99. The third kappa shape index (κ3) is 3.55. The Kier molecular flexibility index (Phi) is 4.83. The predicted molar refractivity (Wildman–Crippen MR) is 99.8 cm³/mol. The number of pyridine rings is 1. The molecule has 1 atom stereocenters. The van der Waals surface area contributed by atoms with Gasteiger partial charge in [-0.2, -0.15) is 0 Å². The number of benzene rings is 1. The fourth-order valence-corrected chi connectivity index (χ4v) is 3.05. The zero-order valence-corrected chi connectivity index (χ0v) is 15.2. The Morgan fingerprint density at radius 3 is 2.80 bits per heavy atom. The highest BCUT2D eigenvalue weighted by Crippen LogP contribution is 2.24. The van der Waals surface area contributed by atoms with Crippen molar-refractivity contribution in [2.75, 3.05) is 6.54 Å². The van der Waals surface area contributed by atoms with Crippen LogP contribution in [-0.2, 0) is 0 Å². The van der Waals surface area contributed by atoms with Crippen LogP contribution in [0.5, 0.6) is 0 Å². The summed E-state index contributed by atoms with van der Waals surface area (Å²) in [7, 11) is 0. The third-order valence-electron chi connectivity index (χ3n) is 4.74. The quantitative estimate of drug-likeness (QED) is 0.772. The normalized spacial score (nSPS) is 12.3. The molecule has 1 unspecified atom stereocenters. The molecule has 0 aliphatic rings. The first-order chi connectivity index (χ1) is 12.0. The topological polar surface area (TPSA) is 59.8 Å². The van der Waals surface area contributed by atoms with E-state index in [9.17, 15) is 4.79 Å². The zero-order valence-electron chi connectivity index (χ0n) is 15.2. The van der Waals surface area contributed by atoms with Gasteiger partial charge in [0, 0.05) is 36.1 Å². The van der Waals surface area contributed by atoms with E-state index in [4.69, 9.17) is 0 Å². The number of amides is 1. The van der Waals surface area contributed by atoms with Crippen LogP contribution >= 0.6 is 0 Å². The summed E-state index contributed by atoms with van der Waals surface area (Å²) >= 11 is 0. The van der Waals surface area contributed by atoms with Gasteiger partial charge >= 0.3 is 0 Å². The van der Waals surface area contributed by atoms with Gasteiger partial charge in [0.1, 0.15) is 0 Å². The lowest BCUT2D eigenvalue weighted by molar-refractivity contribution is 0.0952. The largest absolute Gasteiger partial charge is 0.352 e.